The van der Waals surface area contributed by atoms with Gasteiger partial charge in [-0.2, -0.15) is 5.10 Å². The number of nitrogens with zero attached hydrogens (tertiary/aromatic N) is 1. The number of amides is 1. The fourth-order valence-electron chi connectivity index (χ4n) is 1.48. The van der Waals surface area contributed by atoms with Gasteiger partial charge >= 0.3 is 0 Å². The monoisotopic (exact) mass is 244 g/mol. The van der Waals surface area contributed by atoms with Gasteiger partial charge in [-0.15, -0.1) is 12.4 Å². The van der Waals surface area contributed by atoms with Gasteiger partial charge in [-0.1, -0.05) is 6.92 Å². The number of carbonyl (C=O) groups is 1. The molecule has 6 heteroatoms. The third-order valence-electron chi connectivity index (χ3n) is 2.66. The van der Waals surface area contributed by atoms with Crippen LogP contribution in [0.15, 0.2) is 6.07 Å². The van der Waals surface area contributed by atoms with Crippen LogP contribution in [0.4, 0.5) is 0 Å². The van der Waals surface area contributed by atoms with E-state index in [0.29, 0.717) is 11.6 Å². The van der Waals surface area contributed by atoms with Crippen molar-refractivity contribution in [3.63, 3.8) is 0 Å². The van der Waals surface area contributed by atoms with Gasteiger partial charge in [-0.25, -0.2) is 0 Å². The van der Waals surface area contributed by atoms with Crippen molar-refractivity contribution in [2.75, 3.05) is 19.6 Å². The Hall–Kier alpha value is -1.07. The molecular weight excluding hydrogens is 228 g/mol. The SMILES string of the molecule is CCc1cc(C(=O)NCC2CNC2)n[nH]1.Cl. The van der Waals surface area contributed by atoms with E-state index in [4.69, 9.17) is 0 Å². The summed E-state index contributed by atoms with van der Waals surface area (Å²) in [6.45, 7) is 4.76. The van der Waals surface area contributed by atoms with Crippen LogP contribution in [0.5, 0.6) is 0 Å². The van der Waals surface area contributed by atoms with Crippen LogP contribution in [0.25, 0.3) is 0 Å². The molecule has 5 nitrogen and oxygen atoms in total. The van der Waals surface area contributed by atoms with Gasteiger partial charge in [0.05, 0.1) is 0 Å². The van der Waals surface area contributed by atoms with Crippen LogP contribution in [0.3, 0.4) is 0 Å². The van der Waals surface area contributed by atoms with Crippen molar-refractivity contribution in [1.29, 1.82) is 0 Å². The van der Waals surface area contributed by atoms with Crippen molar-refractivity contribution in [2.24, 2.45) is 5.92 Å². The van der Waals surface area contributed by atoms with Crippen LogP contribution in [0, 0.1) is 5.92 Å². The maximum atomic E-state index is 11.6. The zero-order chi connectivity index (χ0) is 10.7. The molecule has 2 rings (SSSR count). The van der Waals surface area contributed by atoms with Crippen molar-refractivity contribution in [1.82, 2.24) is 20.8 Å². The molecule has 0 aliphatic carbocycles. The van der Waals surface area contributed by atoms with E-state index in [1.807, 2.05) is 6.92 Å². The second-order valence-corrected chi connectivity index (χ2v) is 3.87. The lowest BCUT2D eigenvalue weighted by Crippen LogP contribution is -2.48. The zero-order valence-electron chi connectivity index (χ0n) is 9.25. The Kier molecular flexibility index (Phi) is 4.76. The van der Waals surface area contributed by atoms with E-state index in [1.165, 1.54) is 0 Å². The summed E-state index contributed by atoms with van der Waals surface area (Å²) in [5.41, 5.74) is 1.48. The number of hydrogen-bond donors (Lipinski definition) is 3. The minimum atomic E-state index is -0.0853. The van der Waals surface area contributed by atoms with Crippen LogP contribution < -0.4 is 10.6 Å². The number of H-pyrrole nitrogens is 1. The summed E-state index contributed by atoms with van der Waals surface area (Å²) in [6, 6.07) is 1.80. The topological polar surface area (TPSA) is 69.8 Å². The number of aryl methyl sites for hydroxylation is 1. The first kappa shape index (κ1) is 13.0. The van der Waals surface area contributed by atoms with E-state index in [9.17, 15) is 4.79 Å². The fraction of sp³-hybridized carbons (Fsp3) is 0.600. The average Bonchev–Trinajstić information content (AvgIpc) is 2.63. The molecule has 1 aromatic heterocycles. The molecule has 0 unspecified atom stereocenters. The Morgan fingerprint density at radius 2 is 2.38 bits per heavy atom. The summed E-state index contributed by atoms with van der Waals surface area (Å²) < 4.78 is 0. The highest BCUT2D eigenvalue weighted by molar-refractivity contribution is 5.92. The van der Waals surface area contributed by atoms with E-state index in [0.717, 1.165) is 31.7 Å². The lowest BCUT2D eigenvalue weighted by Gasteiger charge is -2.26. The van der Waals surface area contributed by atoms with Crippen molar-refractivity contribution in [3.05, 3.63) is 17.5 Å². The van der Waals surface area contributed by atoms with Gasteiger partial charge < -0.3 is 10.6 Å². The Bertz CT molecular complexity index is 348. The van der Waals surface area contributed by atoms with Crippen molar-refractivity contribution in [2.45, 2.75) is 13.3 Å². The second-order valence-electron chi connectivity index (χ2n) is 3.87. The van der Waals surface area contributed by atoms with E-state index in [1.54, 1.807) is 6.07 Å². The molecular formula is C10H17ClN4O. The fourth-order valence-corrected chi connectivity index (χ4v) is 1.48. The van der Waals surface area contributed by atoms with Crippen molar-refractivity contribution < 1.29 is 4.79 Å². The lowest BCUT2D eigenvalue weighted by molar-refractivity contribution is 0.0937. The molecule has 0 atom stereocenters. The molecule has 1 amide bonds. The molecule has 1 saturated heterocycles. The molecule has 1 aromatic rings. The van der Waals surface area contributed by atoms with E-state index in [2.05, 4.69) is 20.8 Å². The molecule has 2 heterocycles. The standard InChI is InChI=1S/C10H16N4O.ClH/c1-2-8-3-9(14-13-8)10(15)12-6-7-4-11-5-7;/h3,7,11H,2,4-6H2,1H3,(H,12,15)(H,13,14);1H. The number of nitrogens with one attached hydrogen (secondary N) is 3. The Morgan fingerprint density at radius 3 is 2.88 bits per heavy atom. The summed E-state index contributed by atoms with van der Waals surface area (Å²) in [4.78, 5) is 11.6. The molecule has 0 bridgehead atoms. The Labute approximate surface area is 101 Å². The number of aromatic amines is 1. The van der Waals surface area contributed by atoms with E-state index < -0.39 is 0 Å². The van der Waals surface area contributed by atoms with Gasteiger partial charge in [0.1, 0.15) is 5.69 Å². The molecule has 1 fully saturated rings. The highest BCUT2D eigenvalue weighted by Gasteiger charge is 2.18. The van der Waals surface area contributed by atoms with Crippen LogP contribution in [0.2, 0.25) is 0 Å². The number of hydrogen-bond acceptors (Lipinski definition) is 3. The number of halogens is 1. The minimum Gasteiger partial charge on any atom is -0.350 e. The molecule has 0 aromatic carbocycles. The summed E-state index contributed by atoms with van der Waals surface area (Å²) in [5, 5.41) is 12.8. The first-order valence-electron chi connectivity index (χ1n) is 5.32. The van der Waals surface area contributed by atoms with Crippen LogP contribution in [0.1, 0.15) is 23.1 Å². The lowest BCUT2D eigenvalue weighted by atomic mass is 10.0. The van der Waals surface area contributed by atoms with Crippen LogP contribution in [-0.4, -0.2) is 35.7 Å². The second kappa shape index (κ2) is 5.86. The predicted molar refractivity (Wildman–Crippen MR) is 63.9 cm³/mol. The summed E-state index contributed by atoms with van der Waals surface area (Å²) >= 11 is 0. The number of aromatic nitrogens is 2. The quantitative estimate of drug-likeness (QED) is 0.716. The summed E-state index contributed by atoms with van der Waals surface area (Å²) in [7, 11) is 0. The number of carbonyl (C=O) groups excluding carboxylic acids is 1. The predicted octanol–water partition coefficient (Wildman–Crippen LogP) is 0.343. The van der Waals surface area contributed by atoms with E-state index in [-0.39, 0.29) is 18.3 Å². The zero-order valence-corrected chi connectivity index (χ0v) is 10.1. The van der Waals surface area contributed by atoms with Gasteiger partial charge in [0.2, 0.25) is 0 Å². The summed E-state index contributed by atoms with van der Waals surface area (Å²) in [5.74, 6) is 0.497. The highest BCUT2D eigenvalue weighted by atomic mass is 35.5. The maximum absolute atomic E-state index is 11.6. The molecule has 16 heavy (non-hydrogen) atoms. The molecule has 90 valence electrons. The first-order valence-corrected chi connectivity index (χ1v) is 5.32. The molecule has 1 aliphatic heterocycles. The smallest absolute Gasteiger partial charge is 0.271 e. The molecule has 1 aliphatic rings. The van der Waals surface area contributed by atoms with Gasteiger partial charge in [-0.3, -0.25) is 9.89 Å². The normalized spacial score (nSPS) is 15.1. The third kappa shape index (κ3) is 2.96. The average molecular weight is 245 g/mol. The Balaban J connectivity index is 0.00000128. The maximum Gasteiger partial charge on any atom is 0.271 e. The minimum absolute atomic E-state index is 0. The van der Waals surface area contributed by atoms with Gasteiger partial charge in [0.15, 0.2) is 0 Å². The van der Waals surface area contributed by atoms with Gasteiger partial charge in [0.25, 0.3) is 5.91 Å². The van der Waals surface area contributed by atoms with E-state index >= 15 is 0 Å². The molecule has 0 saturated carbocycles. The summed E-state index contributed by atoms with van der Waals surface area (Å²) in [6.07, 6.45) is 0.868. The van der Waals surface area contributed by atoms with Crippen LogP contribution >= 0.6 is 12.4 Å². The largest absolute Gasteiger partial charge is 0.350 e. The number of rotatable bonds is 4. The first-order chi connectivity index (χ1) is 7.29. The van der Waals surface area contributed by atoms with Gasteiger partial charge in [-0.05, 0) is 12.5 Å². The van der Waals surface area contributed by atoms with Crippen molar-refractivity contribution in [3.8, 4) is 0 Å². The third-order valence-corrected chi connectivity index (χ3v) is 2.66. The molecule has 0 radical (unpaired) electrons. The molecule has 0 spiro atoms. The molecule has 3 N–H and O–H groups in total. The highest BCUT2D eigenvalue weighted by Crippen LogP contribution is 2.02. The Morgan fingerprint density at radius 1 is 1.62 bits per heavy atom. The van der Waals surface area contributed by atoms with Crippen molar-refractivity contribution >= 4 is 18.3 Å². The van der Waals surface area contributed by atoms with Crippen LogP contribution in [-0.2, 0) is 6.42 Å². The van der Waals surface area contributed by atoms with Gasteiger partial charge in [0, 0.05) is 31.2 Å².